The monoisotopic (exact) mass is 810 g/mol. The molecule has 0 bridgehead atoms. The molecule has 4 aromatic rings. The smallest absolute Gasteiger partial charge is 0.215 e. The van der Waals surface area contributed by atoms with Gasteiger partial charge in [-0.1, -0.05) is 97.1 Å². The predicted molar refractivity (Wildman–Crippen MR) is 210 cm³/mol. The second kappa shape index (κ2) is 17.2. The lowest BCUT2D eigenvalue weighted by Gasteiger charge is -2.22. The van der Waals surface area contributed by atoms with Gasteiger partial charge in [-0.2, -0.15) is 10.2 Å². The maximum absolute atomic E-state index is 14.1. The normalized spacial score (nSPS) is 15.9. The molecular formula is C38H38Cl4N8O4. The van der Waals surface area contributed by atoms with Crippen molar-refractivity contribution in [2.24, 2.45) is 10.2 Å². The number of ketones is 2. The van der Waals surface area contributed by atoms with Crippen LogP contribution in [0, 0.1) is 11.1 Å². The molecule has 282 valence electrons. The summed E-state index contributed by atoms with van der Waals surface area (Å²) < 4.78 is 1.15. The Morgan fingerprint density at radius 3 is 1.69 bits per heavy atom. The fourth-order valence-electron chi connectivity index (χ4n) is 6.99. The highest BCUT2D eigenvalue weighted by Crippen LogP contribution is 2.41. The van der Waals surface area contributed by atoms with E-state index < -0.39 is 23.1 Å². The van der Waals surface area contributed by atoms with Crippen molar-refractivity contribution in [3.63, 3.8) is 0 Å². The van der Waals surface area contributed by atoms with Crippen LogP contribution in [-0.4, -0.2) is 43.4 Å². The van der Waals surface area contributed by atoms with Crippen molar-refractivity contribution >= 4 is 69.4 Å². The van der Waals surface area contributed by atoms with E-state index in [9.17, 15) is 19.8 Å². The van der Waals surface area contributed by atoms with E-state index in [1.807, 2.05) is 0 Å². The molecule has 2 aliphatic carbocycles. The number of rotatable bonds is 13. The highest BCUT2D eigenvalue weighted by Gasteiger charge is 2.31. The number of halogens is 4. The van der Waals surface area contributed by atoms with Crippen molar-refractivity contribution in [1.82, 2.24) is 20.2 Å². The van der Waals surface area contributed by atoms with Crippen LogP contribution in [0.4, 0.5) is 0 Å². The molecule has 6 rings (SSSR count). The third-order valence-corrected chi connectivity index (χ3v) is 11.4. The largest absolute Gasteiger partial charge is 0.507 e. The van der Waals surface area contributed by atoms with Crippen LogP contribution in [0.2, 0.25) is 20.4 Å². The summed E-state index contributed by atoms with van der Waals surface area (Å²) in [4.78, 5) is 30.9. The van der Waals surface area contributed by atoms with Gasteiger partial charge in [0.15, 0.2) is 0 Å². The van der Waals surface area contributed by atoms with Crippen LogP contribution < -0.4 is 10.6 Å². The first-order valence-corrected chi connectivity index (χ1v) is 19.1. The highest BCUT2D eigenvalue weighted by atomic mass is 35.5. The van der Waals surface area contributed by atoms with Gasteiger partial charge in [-0.25, -0.2) is 11.1 Å². The molecule has 12 nitrogen and oxygen atoms in total. The maximum atomic E-state index is 14.1. The van der Waals surface area contributed by atoms with Crippen LogP contribution >= 0.6 is 46.4 Å². The van der Waals surface area contributed by atoms with E-state index in [-0.39, 0.29) is 72.0 Å². The van der Waals surface area contributed by atoms with Gasteiger partial charge in [0.2, 0.25) is 11.6 Å². The second-order valence-corrected chi connectivity index (χ2v) is 14.9. The van der Waals surface area contributed by atoms with E-state index in [0.717, 1.165) is 55.9 Å². The first kappa shape index (κ1) is 39.1. The van der Waals surface area contributed by atoms with Crippen LogP contribution in [0.15, 0.2) is 65.1 Å². The Balaban J connectivity index is 1.31. The van der Waals surface area contributed by atoms with Crippen LogP contribution in [0.3, 0.4) is 0 Å². The minimum absolute atomic E-state index is 0.0533. The van der Waals surface area contributed by atoms with Gasteiger partial charge in [0.25, 0.3) is 0 Å². The fraction of sp³-hybridized carbons (Fsp3) is 0.316. The van der Waals surface area contributed by atoms with Crippen molar-refractivity contribution in [3.8, 4) is 17.2 Å². The molecule has 2 aromatic heterocycles. The number of aromatic amines is 1. The minimum atomic E-state index is -0.747. The van der Waals surface area contributed by atoms with Gasteiger partial charge in [-0.3, -0.25) is 14.2 Å². The molecule has 2 heterocycles. The van der Waals surface area contributed by atoms with Gasteiger partial charge < -0.3 is 25.8 Å². The number of benzene rings is 2. The molecule has 2 fully saturated rings. The molecule has 0 saturated heterocycles. The standard InChI is InChI=1S/C38H38Cl4N8O4/c39-26-17-29(35(53)24-13-11-20(15-30(24)51)27(48-43)18-45-22-7-3-1-4-8-22)50(38(26)42)34-32(40)37(41)47-33(34)36(54)25-14-12-21(16-31(25)52)28(49-44)19-46-23-9-5-2-6-10-23/h11-19,22-23,43-47,51-52H,1-10H2/b27-18-,28-19-,48-43?,49-44?. The molecule has 0 amide bonds. The number of hydrogen-bond donors (Lipinski definition) is 7. The van der Waals surface area contributed by atoms with Gasteiger partial charge in [-0.15, -0.1) is 0 Å². The Morgan fingerprint density at radius 1 is 0.741 bits per heavy atom. The van der Waals surface area contributed by atoms with E-state index in [0.29, 0.717) is 11.1 Å². The average molecular weight is 813 g/mol. The van der Waals surface area contributed by atoms with E-state index in [1.165, 1.54) is 43.2 Å². The van der Waals surface area contributed by atoms with Gasteiger partial charge in [0, 0.05) is 35.6 Å². The lowest BCUT2D eigenvalue weighted by atomic mass is 9.95. The molecule has 2 aromatic carbocycles. The van der Waals surface area contributed by atoms with Crippen molar-refractivity contribution in [3.05, 3.63) is 109 Å². The zero-order valence-electron chi connectivity index (χ0n) is 29.0. The third kappa shape index (κ3) is 8.22. The second-order valence-electron chi connectivity index (χ2n) is 13.4. The SMILES string of the molecule is N=N/C(=C\NC1CCCCC1)c1ccc(C(=O)c2[nH]c(Cl)c(Cl)c2-n2c(C(=O)c3ccc(/C(=C/NC4CCCCC4)N=N)cc3O)cc(Cl)c2Cl)c(O)c1. The van der Waals surface area contributed by atoms with Crippen LogP contribution in [0.25, 0.3) is 17.1 Å². The molecule has 0 spiro atoms. The number of aromatic nitrogens is 2. The highest BCUT2D eigenvalue weighted by molar-refractivity contribution is 6.45. The topological polar surface area (TPSA) is 192 Å². The van der Waals surface area contributed by atoms with Gasteiger partial charge >= 0.3 is 0 Å². The van der Waals surface area contributed by atoms with Crippen LogP contribution in [-0.2, 0) is 0 Å². The number of H-pyrrole nitrogens is 1. The molecule has 2 aliphatic rings. The molecule has 0 aliphatic heterocycles. The summed E-state index contributed by atoms with van der Waals surface area (Å²) in [5, 5.41) is 35.4. The number of nitrogens with one attached hydrogen (secondary N) is 5. The quantitative estimate of drug-likeness (QED) is 0.0519. The van der Waals surface area contributed by atoms with Crippen LogP contribution in [0.1, 0.15) is 107 Å². The number of carbonyl (C=O) groups excluding carboxylic acids is 2. The Hall–Kier alpha value is -4.62. The number of phenols is 2. The molecule has 0 atom stereocenters. The summed E-state index contributed by atoms with van der Waals surface area (Å²) in [6, 6.07) is 10.3. The average Bonchev–Trinajstić information content (AvgIpc) is 3.64. The maximum Gasteiger partial charge on any atom is 0.215 e. The fourth-order valence-corrected chi connectivity index (χ4v) is 7.81. The molecular weight excluding hydrogens is 774 g/mol. The third-order valence-electron chi connectivity index (χ3n) is 9.89. The Kier molecular flexibility index (Phi) is 12.5. The van der Waals surface area contributed by atoms with Gasteiger partial charge in [-0.05, 0) is 56.0 Å². The zero-order chi connectivity index (χ0) is 38.5. The lowest BCUT2D eigenvalue weighted by molar-refractivity contribution is 0.101. The Bertz CT molecular complexity index is 2010. The first-order valence-electron chi connectivity index (χ1n) is 17.6. The van der Waals surface area contributed by atoms with E-state index >= 15 is 0 Å². The Labute approximate surface area is 331 Å². The number of nitrogens with zero attached hydrogens (tertiary/aromatic N) is 3. The number of phenolic OH excluding ortho intramolecular Hbond substituents is 2. The van der Waals surface area contributed by atoms with Crippen molar-refractivity contribution in [1.29, 1.82) is 11.1 Å². The van der Waals surface area contributed by atoms with Crippen LogP contribution in [0.5, 0.6) is 11.5 Å². The molecule has 2 saturated carbocycles. The molecule has 7 N–H and O–H groups in total. The van der Waals surface area contributed by atoms with Crippen molar-refractivity contribution in [2.45, 2.75) is 76.3 Å². The molecule has 0 radical (unpaired) electrons. The summed E-state index contributed by atoms with van der Waals surface area (Å²) in [5.74, 6) is -2.27. The molecule has 54 heavy (non-hydrogen) atoms. The van der Waals surface area contributed by atoms with E-state index in [2.05, 4.69) is 25.8 Å². The van der Waals surface area contributed by atoms with E-state index in [1.54, 1.807) is 24.5 Å². The minimum Gasteiger partial charge on any atom is -0.507 e. The lowest BCUT2D eigenvalue weighted by Crippen LogP contribution is -2.26. The first-order chi connectivity index (χ1) is 26.0. The Morgan fingerprint density at radius 2 is 1.22 bits per heavy atom. The summed E-state index contributed by atoms with van der Waals surface area (Å²) in [6.07, 6.45) is 14.2. The zero-order valence-corrected chi connectivity index (χ0v) is 32.0. The summed E-state index contributed by atoms with van der Waals surface area (Å²) in [5.41, 5.74) is 16.0. The predicted octanol–water partition coefficient (Wildman–Crippen LogP) is 10.8. The van der Waals surface area contributed by atoms with Gasteiger partial charge in [0.1, 0.15) is 43.9 Å². The van der Waals surface area contributed by atoms with E-state index in [4.69, 9.17) is 57.5 Å². The number of hydrogen-bond acceptors (Lipinski definition) is 10. The summed E-state index contributed by atoms with van der Waals surface area (Å²) in [7, 11) is 0. The molecule has 16 heteroatoms. The van der Waals surface area contributed by atoms with Gasteiger partial charge in [0.05, 0.1) is 27.5 Å². The summed E-state index contributed by atoms with van der Waals surface area (Å²) >= 11 is 26.2. The van der Waals surface area contributed by atoms with Crippen molar-refractivity contribution < 1.29 is 19.8 Å². The molecule has 0 unspecified atom stereocenters. The summed E-state index contributed by atoms with van der Waals surface area (Å²) in [6.45, 7) is 0. The van der Waals surface area contributed by atoms with Crippen molar-refractivity contribution in [2.75, 3.05) is 0 Å². The number of carbonyl (C=O) groups is 2. The number of aromatic hydroxyl groups is 2.